The van der Waals surface area contributed by atoms with Crippen molar-refractivity contribution in [2.24, 2.45) is 5.10 Å². The molecule has 1 atom stereocenters. The van der Waals surface area contributed by atoms with E-state index in [1.807, 2.05) is 54.6 Å². The van der Waals surface area contributed by atoms with Crippen LogP contribution in [0.15, 0.2) is 102 Å². The molecule has 5 aromatic rings. The number of nitrogens with zero attached hydrogens (tertiary/aromatic N) is 4. The molecule has 0 spiro atoms. The second kappa shape index (κ2) is 9.17. The number of hydrogen-bond donors (Lipinski definition) is 0. The molecular formula is C30H22ClFN4. The first kappa shape index (κ1) is 22.4. The molecule has 6 rings (SSSR count). The van der Waals surface area contributed by atoms with Gasteiger partial charge in [-0.15, -0.1) is 0 Å². The lowest BCUT2D eigenvalue weighted by molar-refractivity contribution is 0.576. The van der Waals surface area contributed by atoms with Crippen molar-refractivity contribution in [3.8, 4) is 11.3 Å². The molecule has 1 aromatic heterocycles. The van der Waals surface area contributed by atoms with Gasteiger partial charge in [-0.05, 0) is 36.8 Å². The SMILES string of the molecule is Cc1ccc(C2=NN(c3nc(-c4ccccc4)c4cc(Cl)ccc4n3)[C@H](c3ccccc3F)C2)cc1. The van der Waals surface area contributed by atoms with Gasteiger partial charge in [0.1, 0.15) is 5.82 Å². The van der Waals surface area contributed by atoms with Gasteiger partial charge in [-0.1, -0.05) is 90.0 Å². The molecular weight excluding hydrogens is 471 g/mol. The van der Waals surface area contributed by atoms with Crippen molar-refractivity contribution in [1.82, 2.24) is 9.97 Å². The van der Waals surface area contributed by atoms with E-state index in [4.69, 9.17) is 26.7 Å². The van der Waals surface area contributed by atoms with Crippen LogP contribution >= 0.6 is 11.6 Å². The van der Waals surface area contributed by atoms with Gasteiger partial charge in [-0.3, -0.25) is 0 Å². The van der Waals surface area contributed by atoms with Crippen molar-refractivity contribution in [3.63, 3.8) is 0 Å². The quantitative estimate of drug-likeness (QED) is 0.257. The molecule has 1 aliphatic rings. The van der Waals surface area contributed by atoms with Crippen LogP contribution in [0.3, 0.4) is 0 Å². The highest BCUT2D eigenvalue weighted by Crippen LogP contribution is 2.38. The Labute approximate surface area is 213 Å². The summed E-state index contributed by atoms with van der Waals surface area (Å²) in [6.07, 6.45) is 0.534. The minimum Gasteiger partial charge on any atom is -0.223 e. The minimum absolute atomic E-state index is 0.274. The van der Waals surface area contributed by atoms with Gasteiger partial charge in [-0.2, -0.15) is 5.10 Å². The Morgan fingerprint density at radius 2 is 1.58 bits per heavy atom. The monoisotopic (exact) mass is 492 g/mol. The molecule has 0 saturated heterocycles. The maximum absolute atomic E-state index is 15.0. The second-order valence-corrected chi connectivity index (χ2v) is 9.33. The fourth-order valence-electron chi connectivity index (χ4n) is 4.61. The maximum Gasteiger partial charge on any atom is 0.247 e. The van der Waals surface area contributed by atoms with Gasteiger partial charge in [0.25, 0.3) is 0 Å². The molecule has 0 aliphatic carbocycles. The van der Waals surface area contributed by atoms with Crippen LogP contribution in [0.2, 0.25) is 5.02 Å². The molecule has 0 amide bonds. The summed E-state index contributed by atoms with van der Waals surface area (Å²) >= 11 is 6.33. The Morgan fingerprint density at radius 3 is 2.36 bits per heavy atom. The zero-order chi connectivity index (χ0) is 24.6. The lowest BCUT2D eigenvalue weighted by Crippen LogP contribution is -2.22. The van der Waals surface area contributed by atoms with Crippen LogP contribution < -0.4 is 5.01 Å². The first-order chi connectivity index (χ1) is 17.6. The number of aromatic nitrogens is 2. The summed E-state index contributed by atoms with van der Waals surface area (Å²) in [5.41, 5.74) is 6.04. The Balaban J connectivity index is 1.55. The Kier molecular flexibility index (Phi) is 5.70. The Bertz CT molecular complexity index is 1600. The average molecular weight is 493 g/mol. The van der Waals surface area contributed by atoms with Crippen LogP contribution in [0.5, 0.6) is 0 Å². The highest BCUT2D eigenvalue weighted by atomic mass is 35.5. The van der Waals surface area contributed by atoms with E-state index in [-0.39, 0.29) is 11.9 Å². The Hall–Kier alpha value is -4.09. The summed E-state index contributed by atoms with van der Waals surface area (Å²) in [7, 11) is 0. The number of benzene rings is 4. The lowest BCUT2D eigenvalue weighted by Gasteiger charge is -2.23. The van der Waals surface area contributed by atoms with E-state index < -0.39 is 0 Å². The topological polar surface area (TPSA) is 41.4 Å². The van der Waals surface area contributed by atoms with E-state index >= 15 is 4.39 Å². The summed E-state index contributed by atoms with van der Waals surface area (Å²) in [6, 6.07) is 30.2. The minimum atomic E-state index is -0.379. The molecule has 176 valence electrons. The van der Waals surface area contributed by atoms with Crippen LogP contribution in [-0.4, -0.2) is 15.7 Å². The average Bonchev–Trinajstić information content (AvgIpc) is 3.34. The molecule has 0 unspecified atom stereocenters. The summed E-state index contributed by atoms with van der Waals surface area (Å²) < 4.78 is 15.0. The highest BCUT2D eigenvalue weighted by molar-refractivity contribution is 6.31. The fraction of sp³-hybridized carbons (Fsp3) is 0.100. The molecule has 2 heterocycles. The summed E-state index contributed by atoms with van der Waals surface area (Å²) in [6.45, 7) is 2.05. The smallest absolute Gasteiger partial charge is 0.223 e. The largest absolute Gasteiger partial charge is 0.247 e. The van der Waals surface area contributed by atoms with Crippen molar-refractivity contribution in [2.45, 2.75) is 19.4 Å². The van der Waals surface area contributed by atoms with E-state index in [1.165, 1.54) is 11.6 Å². The molecule has 0 N–H and O–H groups in total. The number of hydrazone groups is 1. The van der Waals surface area contributed by atoms with Crippen LogP contribution in [0.25, 0.3) is 22.2 Å². The van der Waals surface area contributed by atoms with Gasteiger partial charge in [-0.25, -0.2) is 19.4 Å². The predicted octanol–water partition coefficient (Wildman–Crippen LogP) is 7.75. The predicted molar refractivity (Wildman–Crippen MR) is 144 cm³/mol. The van der Waals surface area contributed by atoms with E-state index in [0.717, 1.165) is 33.4 Å². The Morgan fingerprint density at radius 1 is 0.833 bits per heavy atom. The molecule has 0 fully saturated rings. The molecule has 0 saturated carbocycles. The summed E-state index contributed by atoms with van der Waals surface area (Å²) in [5, 5.41) is 8.17. The molecule has 0 bridgehead atoms. The van der Waals surface area contributed by atoms with Gasteiger partial charge in [0.15, 0.2) is 0 Å². The molecule has 4 nitrogen and oxygen atoms in total. The van der Waals surface area contributed by atoms with Gasteiger partial charge in [0.05, 0.1) is 23.0 Å². The van der Waals surface area contributed by atoms with Crippen LogP contribution in [0, 0.1) is 12.7 Å². The number of hydrogen-bond acceptors (Lipinski definition) is 4. The zero-order valence-electron chi connectivity index (χ0n) is 19.6. The molecule has 36 heavy (non-hydrogen) atoms. The number of anilines is 1. The number of halogens is 2. The van der Waals surface area contributed by atoms with Gasteiger partial charge in [0, 0.05) is 28.0 Å². The number of fused-ring (bicyclic) bond motifs is 1. The van der Waals surface area contributed by atoms with Crippen molar-refractivity contribution in [1.29, 1.82) is 0 Å². The van der Waals surface area contributed by atoms with E-state index in [9.17, 15) is 0 Å². The second-order valence-electron chi connectivity index (χ2n) is 8.90. The summed E-state index contributed by atoms with van der Waals surface area (Å²) in [4.78, 5) is 9.83. The van der Waals surface area contributed by atoms with Crippen molar-refractivity contribution in [3.05, 3.63) is 125 Å². The van der Waals surface area contributed by atoms with Crippen LogP contribution in [-0.2, 0) is 0 Å². The maximum atomic E-state index is 15.0. The lowest BCUT2D eigenvalue weighted by atomic mass is 9.97. The van der Waals surface area contributed by atoms with Crippen LogP contribution in [0.4, 0.5) is 10.3 Å². The fourth-order valence-corrected chi connectivity index (χ4v) is 4.78. The summed E-state index contributed by atoms with van der Waals surface area (Å²) in [5.74, 6) is 0.141. The first-order valence-electron chi connectivity index (χ1n) is 11.8. The third-order valence-corrected chi connectivity index (χ3v) is 6.69. The third kappa shape index (κ3) is 4.12. The first-order valence-corrected chi connectivity index (χ1v) is 12.2. The number of aryl methyl sites for hydroxylation is 1. The molecule has 1 aliphatic heterocycles. The van der Waals surface area contributed by atoms with E-state index in [0.29, 0.717) is 23.0 Å². The molecule has 0 radical (unpaired) electrons. The molecule has 6 heteroatoms. The highest BCUT2D eigenvalue weighted by Gasteiger charge is 2.33. The third-order valence-electron chi connectivity index (χ3n) is 6.46. The zero-order valence-corrected chi connectivity index (χ0v) is 20.3. The van der Waals surface area contributed by atoms with Crippen molar-refractivity contribution in [2.75, 3.05) is 5.01 Å². The van der Waals surface area contributed by atoms with Gasteiger partial charge >= 0.3 is 0 Å². The van der Waals surface area contributed by atoms with Crippen molar-refractivity contribution < 1.29 is 4.39 Å². The van der Waals surface area contributed by atoms with Gasteiger partial charge < -0.3 is 0 Å². The standard InChI is InChI=1S/C30H22ClFN4/c1-19-11-13-20(14-12-19)27-18-28(23-9-5-6-10-25(23)32)36(35-27)30-33-26-16-15-22(31)17-24(26)29(34-30)21-7-3-2-4-8-21/h2-17,28H,18H2,1H3/t28-/m0/s1. The normalized spacial score (nSPS) is 15.4. The van der Waals surface area contributed by atoms with Gasteiger partial charge in [0.2, 0.25) is 5.95 Å². The van der Waals surface area contributed by atoms with E-state index in [2.05, 4.69) is 31.2 Å². The number of rotatable bonds is 4. The van der Waals surface area contributed by atoms with E-state index in [1.54, 1.807) is 17.1 Å². The molecule has 4 aromatic carbocycles. The van der Waals surface area contributed by atoms with Crippen molar-refractivity contribution >= 4 is 34.2 Å². The van der Waals surface area contributed by atoms with Crippen LogP contribution in [0.1, 0.15) is 29.2 Å².